The fraction of sp³-hybridized carbons (Fsp3) is 0.222. The molecule has 0 spiro atoms. The third-order valence-corrected chi connectivity index (χ3v) is 4.01. The predicted octanol–water partition coefficient (Wildman–Crippen LogP) is 2.23. The highest BCUT2D eigenvalue weighted by atomic mass is 16.3. The molecule has 5 nitrogen and oxygen atoms in total. The molecule has 0 aliphatic carbocycles. The zero-order valence-corrected chi connectivity index (χ0v) is 12.9. The topological polar surface area (TPSA) is 69.6 Å². The fourth-order valence-corrected chi connectivity index (χ4v) is 2.77. The van der Waals surface area contributed by atoms with Crippen LogP contribution in [-0.4, -0.2) is 23.5 Å². The second kappa shape index (κ2) is 6.12. The Labute approximate surface area is 134 Å². The monoisotopic (exact) mass is 310 g/mol. The van der Waals surface area contributed by atoms with E-state index in [1.54, 1.807) is 42.2 Å². The van der Waals surface area contributed by atoms with Crippen LogP contribution in [0.5, 0.6) is 5.75 Å². The van der Waals surface area contributed by atoms with Crippen molar-refractivity contribution in [3.05, 3.63) is 59.2 Å². The fourth-order valence-electron chi connectivity index (χ4n) is 2.77. The molecule has 23 heavy (non-hydrogen) atoms. The van der Waals surface area contributed by atoms with Gasteiger partial charge in [0, 0.05) is 31.3 Å². The molecule has 1 aliphatic heterocycles. The minimum Gasteiger partial charge on any atom is -0.508 e. The van der Waals surface area contributed by atoms with Crippen LogP contribution in [0.2, 0.25) is 0 Å². The number of aromatic hydroxyl groups is 1. The molecule has 2 aromatic rings. The van der Waals surface area contributed by atoms with Crippen molar-refractivity contribution in [3.8, 4) is 5.75 Å². The van der Waals surface area contributed by atoms with E-state index in [1.807, 2.05) is 12.1 Å². The van der Waals surface area contributed by atoms with Crippen LogP contribution in [0.1, 0.15) is 28.4 Å². The maximum absolute atomic E-state index is 12.3. The van der Waals surface area contributed by atoms with E-state index in [0.717, 1.165) is 23.2 Å². The molecule has 0 aromatic heterocycles. The normalized spacial score (nSPS) is 12.8. The van der Waals surface area contributed by atoms with Gasteiger partial charge in [0.05, 0.1) is 0 Å². The molecule has 5 heteroatoms. The lowest BCUT2D eigenvalue weighted by atomic mass is 10.1. The molecule has 2 N–H and O–H groups in total. The second-order valence-electron chi connectivity index (χ2n) is 5.61. The van der Waals surface area contributed by atoms with Gasteiger partial charge in [-0.15, -0.1) is 0 Å². The molecule has 2 amide bonds. The highest BCUT2D eigenvalue weighted by Gasteiger charge is 2.23. The number of carbonyl (C=O) groups is 2. The van der Waals surface area contributed by atoms with Gasteiger partial charge >= 0.3 is 0 Å². The molecule has 3 rings (SSSR count). The van der Waals surface area contributed by atoms with Crippen molar-refractivity contribution >= 4 is 17.5 Å². The van der Waals surface area contributed by atoms with Crippen molar-refractivity contribution < 1.29 is 14.7 Å². The molecule has 0 saturated heterocycles. The van der Waals surface area contributed by atoms with Gasteiger partial charge in [0.15, 0.2) is 0 Å². The Morgan fingerprint density at radius 1 is 1.17 bits per heavy atom. The molecule has 0 atom stereocenters. The van der Waals surface area contributed by atoms with E-state index in [9.17, 15) is 14.7 Å². The second-order valence-corrected chi connectivity index (χ2v) is 5.61. The van der Waals surface area contributed by atoms with E-state index in [1.165, 1.54) is 0 Å². The molecule has 118 valence electrons. The number of nitrogens with zero attached hydrogens (tertiary/aromatic N) is 1. The molecular weight excluding hydrogens is 292 g/mol. The van der Waals surface area contributed by atoms with E-state index in [-0.39, 0.29) is 17.6 Å². The van der Waals surface area contributed by atoms with Crippen molar-refractivity contribution in [2.75, 3.05) is 11.4 Å². The standard InChI is InChI=1S/C18H18N2O3/c1-12(21)20-9-8-14-10-15(4-7-17(14)20)18(23)19-11-13-2-5-16(22)6-3-13/h2-7,10,22H,8-9,11H2,1H3,(H,19,23). The lowest BCUT2D eigenvalue weighted by molar-refractivity contribution is -0.116. The minimum absolute atomic E-state index is 0.0216. The van der Waals surface area contributed by atoms with Crippen LogP contribution in [0.25, 0.3) is 0 Å². The van der Waals surface area contributed by atoms with Gasteiger partial charge < -0.3 is 15.3 Å². The van der Waals surface area contributed by atoms with E-state index in [2.05, 4.69) is 5.32 Å². The van der Waals surface area contributed by atoms with Gasteiger partial charge in [0.2, 0.25) is 5.91 Å². The van der Waals surface area contributed by atoms with Crippen molar-refractivity contribution in [1.29, 1.82) is 0 Å². The van der Waals surface area contributed by atoms with Crippen LogP contribution in [0.4, 0.5) is 5.69 Å². The molecule has 0 radical (unpaired) electrons. The lowest BCUT2D eigenvalue weighted by Crippen LogP contribution is -2.26. The first-order valence-corrected chi connectivity index (χ1v) is 7.52. The van der Waals surface area contributed by atoms with Gasteiger partial charge in [0.1, 0.15) is 5.75 Å². The summed E-state index contributed by atoms with van der Waals surface area (Å²) >= 11 is 0. The van der Waals surface area contributed by atoms with Crippen LogP contribution in [0.15, 0.2) is 42.5 Å². The minimum atomic E-state index is -0.151. The highest BCUT2D eigenvalue weighted by Crippen LogP contribution is 2.28. The summed E-state index contributed by atoms with van der Waals surface area (Å²) in [7, 11) is 0. The number of carbonyl (C=O) groups excluding carboxylic acids is 2. The maximum Gasteiger partial charge on any atom is 0.251 e. The number of phenols is 1. The summed E-state index contributed by atoms with van der Waals surface area (Å²) < 4.78 is 0. The van der Waals surface area contributed by atoms with Gasteiger partial charge in [-0.05, 0) is 47.9 Å². The number of anilines is 1. The molecule has 0 bridgehead atoms. The summed E-state index contributed by atoms with van der Waals surface area (Å²) in [6.07, 6.45) is 0.772. The zero-order chi connectivity index (χ0) is 16.4. The quantitative estimate of drug-likeness (QED) is 0.913. The lowest BCUT2D eigenvalue weighted by Gasteiger charge is -2.14. The SMILES string of the molecule is CC(=O)N1CCc2cc(C(=O)NCc3ccc(O)cc3)ccc21. The summed E-state index contributed by atoms with van der Waals surface area (Å²) in [5.41, 5.74) is 3.43. The van der Waals surface area contributed by atoms with Crippen molar-refractivity contribution in [1.82, 2.24) is 5.32 Å². The molecule has 0 saturated carbocycles. The number of benzene rings is 2. The van der Waals surface area contributed by atoms with Crippen LogP contribution in [0.3, 0.4) is 0 Å². The molecule has 0 unspecified atom stereocenters. The van der Waals surface area contributed by atoms with Crippen LogP contribution < -0.4 is 10.2 Å². The summed E-state index contributed by atoms with van der Waals surface area (Å²) in [4.78, 5) is 25.5. The number of fused-ring (bicyclic) bond motifs is 1. The number of rotatable bonds is 3. The molecule has 1 aliphatic rings. The first kappa shape index (κ1) is 15.1. The largest absolute Gasteiger partial charge is 0.508 e. The van der Waals surface area contributed by atoms with Crippen molar-refractivity contribution in [2.45, 2.75) is 19.9 Å². The Kier molecular flexibility index (Phi) is 4.02. The molecule has 0 fully saturated rings. The average Bonchev–Trinajstić information content (AvgIpc) is 2.97. The first-order chi connectivity index (χ1) is 11.0. The third-order valence-electron chi connectivity index (χ3n) is 4.01. The van der Waals surface area contributed by atoms with E-state index in [4.69, 9.17) is 0 Å². The third kappa shape index (κ3) is 3.18. The van der Waals surface area contributed by atoms with Gasteiger partial charge in [-0.3, -0.25) is 9.59 Å². The highest BCUT2D eigenvalue weighted by molar-refractivity contribution is 5.97. The summed E-state index contributed by atoms with van der Waals surface area (Å²) in [5, 5.41) is 12.1. The Balaban J connectivity index is 1.69. The van der Waals surface area contributed by atoms with Crippen molar-refractivity contribution in [2.24, 2.45) is 0 Å². The van der Waals surface area contributed by atoms with Crippen molar-refractivity contribution in [3.63, 3.8) is 0 Å². The molecule has 1 heterocycles. The van der Waals surface area contributed by atoms with Crippen LogP contribution in [-0.2, 0) is 17.8 Å². The predicted molar refractivity (Wildman–Crippen MR) is 87.5 cm³/mol. The molecule has 2 aromatic carbocycles. The van der Waals surface area contributed by atoms with Gasteiger partial charge in [-0.25, -0.2) is 0 Å². The Bertz CT molecular complexity index is 753. The van der Waals surface area contributed by atoms with Gasteiger partial charge in [-0.2, -0.15) is 0 Å². The number of hydrogen-bond acceptors (Lipinski definition) is 3. The maximum atomic E-state index is 12.3. The van der Waals surface area contributed by atoms with Gasteiger partial charge in [-0.1, -0.05) is 12.1 Å². The number of phenolic OH excluding ortho intramolecular Hbond substituents is 1. The summed E-state index contributed by atoms with van der Waals surface area (Å²) in [6, 6.07) is 12.1. The van der Waals surface area contributed by atoms with E-state index >= 15 is 0 Å². The van der Waals surface area contributed by atoms with Crippen LogP contribution in [0, 0.1) is 0 Å². The molecular formula is C18H18N2O3. The number of nitrogens with one attached hydrogen (secondary N) is 1. The van der Waals surface area contributed by atoms with E-state index in [0.29, 0.717) is 18.7 Å². The Morgan fingerprint density at radius 2 is 1.91 bits per heavy atom. The summed E-state index contributed by atoms with van der Waals surface area (Å²) in [6.45, 7) is 2.62. The Hall–Kier alpha value is -2.82. The number of hydrogen-bond donors (Lipinski definition) is 2. The smallest absolute Gasteiger partial charge is 0.251 e. The van der Waals surface area contributed by atoms with E-state index < -0.39 is 0 Å². The number of amides is 2. The Morgan fingerprint density at radius 3 is 2.61 bits per heavy atom. The zero-order valence-electron chi connectivity index (χ0n) is 12.9. The first-order valence-electron chi connectivity index (χ1n) is 7.52. The average molecular weight is 310 g/mol. The van der Waals surface area contributed by atoms with Crippen LogP contribution >= 0.6 is 0 Å². The summed E-state index contributed by atoms with van der Waals surface area (Å²) in [5.74, 6) is 0.0733. The van der Waals surface area contributed by atoms with Gasteiger partial charge in [0.25, 0.3) is 5.91 Å².